The largest absolute Gasteiger partial charge is 0.395 e. The second-order valence-electron chi connectivity index (χ2n) is 3.75. The molecule has 0 radical (unpaired) electrons. The summed E-state index contributed by atoms with van der Waals surface area (Å²) in [6.45, 7) is 0.968. The molecule has 0 aliphatic carbocycles. The number of nitrogens with one attached hydrogen (secondary N) is 1. The van der Waals surface area contributed by atoms with Gasteiger partial charge in [0.2, 0.25) is 0 Å². The number of aliphatic hydroxyl groups is 2. The van der Waals surface area contributed by atoms with E-state index < -0.39 is 6.10 Å². The standard InChI is InChI=1S/C14H19NO2/c16-11-10-15-12-14(17)9-5-4-8-13-6-2-1-3-7-13/h1-3,6-7,14-17H,4,8,10-12H2. The summed E-state index contributed by atoms with van der Waals surface area (Å²) in [7, 11) is 0. The van der Waals surface area contributed by atoms with Crippen LogP contribution in [0.25, 0.3) is 0 Å². The minimum atomic E-state index is -0.655. The molecular weight excluding hydrogens is 214 g/mol. The van der Waals surface area contributed by atoms with Crippen molar-refractivity contribution in [2.45, 2.75) is 18.9 Å². The fourth-order valence-electron chi connectivity index (χ4n) is 1.41. The van der Waals surface area contributed by atoms with Gasteiger partial charge in [0, 0.05) is 19.5 Å². The first-order chi connectivity index (χ1) is 8.33. The van der Waals surface area contributed by atoms with Gasteiger partial charge in [0.1, 0.15) is 6.10 Å². The zero-order valence-corrected chi connectivity index (χ0v) is 9.89. The summed E-state index contributed by atoms with van der Waals surface area (Å²) in [6.07, 6.45) is 1.00. The third-order valence-electron chi connectivity index (χ3n) is 2.28. The molecule has 3 heteroatoms. The lowest BCUT2D eigenvalue weighted by Gasteiger charge is -2.03. The van der Waals surface area contributed by atoms with Gasteiger partial charge in [0.15, 0.2) is 0 Å². The zero-order chi connectivity index (χ0) is 12.3. The molecule has 92 valence electrons. The number of hydrogen-bond donors (Lipinski definition) is 3. The van der Waals surface area contributed by atoms with E-state index in [1.54, 1.807) is 0 Å². The molecule has 0 amide bonds. The second-order valence-corrected chi connectivity index (χ2v) is 3.75. The molecule has 3 nitrogen and oxygen atoms in total. The summed E-state index contributed by atoms with van der Waals surface area (Å²) >= 11 is 0. The van der Waals surface area contributed by atoms with Gasteiger partial charge in [-0.15, -0.1) is 5.92 Å². The van der Waals surface area contributed by atoms with Gasteiger partial charge in [-0.25, -0.2) is 0 Å². The van der Waals surface area contributed by atoms with Crippen LogP contribution in [0.5, 0.6) is 0 Å². The molecule has 1 aromatic carbocycles. The zero-order valence-electron chi connectivity index (χ0n) is 9.89. The number of benzene rings is 1. The molecule has 0 saturated carbocycles. The molecule has 0 fully saturated rings. The first-order valence-electron chi connectivity index (χ1n) is 5.85. The van der Waals surface area contributed by atoms with Gasteiger partial charge < -0.3 is 15.5 Å². The van der Waals surface area contributed by atoms with Crippen LogP contribution in [0.2, 0.25) is 0 Å². The van der Waals surface area contributed by atoms with Crippen molar-refractivity contribution in [2.75, 3.05) is 19.7 Å². The molecule has 0 aromatic heterocycles. The summed E-state index contributed by atoms with van der Waals surface area (Å²) in [6, 6.07) is 10.2. The fourth-order valence-corrected chi connectivity index (χ4v) is 1.41. The van der Waals surface area contributed by atoms with Gasteiger partial charge in [-0.1, -0.05) is 36.3 Å². The maximum atomic E-state index is 9.46. The highest BCUT2D eigenvalue weighted by molar-refractivity contribution is 5.16. The van der Waals surface area contributed by atoms with Crippen LogP contribution in [-0.4, -0.2) is 36.0 Å². The van der Waals surface area contributed by atoms with Crippen LogP contribution in [-0.2, 0) is 6.42 Å². The lowest BCUT2D eigenvalue weighted by Crippen LogP contribution is -2.27. The quantitative estimate of drug-likeness (QED) is 0.497. The molecule has 1 aromatic rings. The van der Waals surface area contributed by atoms with E-state index in [0.29, 0.717) is 13.1 Å². The molecule has 0 saturated heterocycles. The SMILES string of the molecule is OCCNCC(O)C#CCCc1ccccc1. The van der Waals surface area contributed by atoms with E-state index in [2.05, 4.69) is 29.3 Å². The second kappa shape index (κ2) is 8.77. The molecule has 3 N–H and O–H groups in total. The van der Waals surface area contributed by atoms with Gasteiger partial charge in [-0.2, -0.15) is 0 Å². The monoisotopic (exact) mass is 233 g/mol. The Bertz CT molecular complexity index is 353. The van der Waals surface area contributed by atoms with Crippen molar-refractivity contribution in [1.29, 1.82) is 0 Å². The van der Waals surface area contributed by atoms with Gasteiger partial charge in [0.05, 0.1) is 6.61 Å². The Morgan fingerprint density at radius 3 is 2.71 bits per heavy atom. The summed E-state index contributed by atoms with van der Waals surface area (Å²) in [4.78, 5) is 0. The van der Waals surface area contributed by atoms with E-state index in [9.17, 15) is 5.11 Å². The Balaban J connectivity index is 2.17. The predicted molar refractivity (Wildman–Crippen MR) is 68.5 cm³/mol. The number of aryl methyl sites for hydroxylation is 1. The third kappa shape index (κ3) is 6.75. The molecule has 1 unspecified atom stereocenters. The predicted octanol–water partition coefficient (Wildman–Crippen LogP) is 0.565. The summed E-state index contributed by atoms with van der Waals surface area (Å²) in [5.41, 5.74) is 1.26. The number of hydrogen-bond acceptors (Lipinski definition) is 3. The van der Waals surface area contributed by atoms with Gasteiger partial charge in [-0.3, -0.25) is 0 Å². The minimum Gasteiger partial charge on any atom is -0.395 e. The van der Waals surface area contributed by atoms with E-state index in [-0.39, 0.29) is 6.61 Å². The third-order valence-corrected chi connectivity index (χ3v) is 2.28. The Morgan fingerprint density at radius 1 is 1.24 bits per heavy atom. The Hall–Kier alpha value is -1.34. The first-order valence-corrected chi connectivity index (χ1v) is 5.85. The topological polar surface area (TPSA) is 52.5 Å². The molecule has 0 aliphatic rings. The average Bonchev–Trinajstić information content (AvgIpc) is 2.36. The lowest BCUT2D eigenvalue weighted by atomic mass is 10.1. The highest BCUT2D eigenvalue weighted by Gasteiger charge is 1.96. The van der Waals surface area contributed by atoms with Crippen LogP contribution >= 0.6 is 0 Å². The van der Waals surface area contributed by atoms with Crippen LogP contribution in [0.4, 0.5) is 0 Å². The van der Waals surface area contributed by atoms with Crippen LogP contribution in [0.1, 0.15) is 12.0 Å². The van der Waals surface area contributed by atoms with Gasteiger partial charge >= 0.3 is 0 Å². The molecule has 1 rings (SSSR count). The molecule has 0 heterocycles. The van der Waals surface area contributed by atoms with Crippen molar-refractivity contribution < 1.29 is 10.2 Å². The van der Waals surface area contributed by atoms with E-state index in [4.69, 9.17) is 5.11 Å². The lowest BCUT2D eigenvalue weighted by molar-refractivity contribution is 0.220. The smallest absolute Gasteiger partial charge is 0.127 e. The molecule has 17 heavy (non-hydrogen) atoms. The number of rotatable bonds is 6. The molecule has 0 aliphatic heterocycles. The Morgan fingerprint density at radius 2 is 2.00 bits per heavy atom. The highest BCUT2D eigenvalue weighted by atomic mass is 16.3. The summed E-state index contributed by atoms with van der Waals surface area (Å²) < 4.78 is 0. The van der Waals surface area contributed by atoms with Crippen molar-refractivity contribution >= 4 is 0 Å². The van der Waals surface area contributed by atoms with E-state index >= 15 is 0 Å². The van der Waals surface area contributed by atoms with Gasteiger partial charge in [0.25, 0.3) is 0 Å². The maximum absolute atomic E-state index is 9.46. The highest BCUT2D eigenvalue weighted by Crippen LogP contribution is 2.01. The van der Waals surface area contributed by atoms with E-state index in [0.717, 1.165) is 12.8 Å². The van der Waals surface area contributed by atoms with E-state index in [1.165, 1.54) is 5.56 Å². The first kappa shape index (κ1) is 13.7. The average molecular weight is 233 g/mol. The Kier molecular flexibility index (Phi) is 7.08. The van der Waals surface area contributed by atoms with Crippen LogP contribution in [0.3, 0.4) is 0 Å². The number of aliphatic hydroxyl groups excluding tert-OH is 2. The van der Waals surface area contributed by atoms with Gasteiger partial charge in [-0.05, 0) is 12.0 Å². The minimum absolute atomic E-state index is 0.0775. The van der Waals surface area contributed by atoms with Crippen molar-refractivity contribution in [3.63, 3.8) is 0 Å². The van der Waals surface area contributed by atoms with Crippen LogP contribution in [0, 0.1) is 11.8 Å². The van der Waals surface area contributed by atoms with Crippen molar-refractivity contribution in [3.8, 4) is 11.8 Å². The molecular formula is C14H19NO2. The van der Waals surface area contributed by atoms with Crippen molar-refractivity contribution in [3.05, 3.63) is 35.9 Å². The molecule has 0 spiro atoms. The van der Waals surface area contributed by atoms with Crippen LogP contribution < -0.4 is 5.32 Å². The Labute approximate surface area is 102 Å². The van der Waals surface area contributed by atoms with Crippen molar-refractivity contribution in [1.82, 2.24) is 5.32 Å². The molecule has 1 atom stereocenters. The van der Waals surface area contributed by atoms with E-state index in [1.807, 2.05) is 18.2 Å². The van der Waals surface area contributed by atoms with Crippen LogP contribution in [0.15, 0.2) is 30.3 Å². The summed E-state index contributed by atoms with van der Waals surface area (Å²) in [5, 5.41) is 20.9. The summed E-state index contributed by atoms with van der Waals surface area (Å²) in [5.74, 6) is 5.73. The molecule has 0 bridgehead atoms. The normalized spacial score (nSPS) is 11.6. The van der Waals surface area contributed by atoms with Crippen molar-refractivity contribution in [2.24, 2.45) is 0 Å². The maximum Gasteiger partial charge on any atom is 0.127 e. The fraction of sp³-hybridized carbons (Fsp3) is 0.429.